The molecule has 0 bridgehead atoms. The summed E-state index contributed by atoms with van der Waals surface area (Å²) < 4.78 is 0. The van der Waals surface area contributed by atoms with Gasteiger partial charge in [-0.15, -0.1) is 0 Å². The van der Waals surface area contributed by atoms with Gasteiger partial charge in [-0.05, 0) is 18.2 Å². The highest BCUT2D eigenvalue weighted by molar-refractivity contribution is 5.83. The molecule has 8 heteroatoms. The van der Waals surface area contributed by atoms with Gasteiger partial charge < -0.3 is 15.7 Å². The van der Waals surface area contributed by atoms with Crippen LogP contribution in [-0.4, -0.2) is 10.0 Å². The maximum Gasteiger partial charge on any atom is 0.271 e. The number of benzene rings is 2. The summed E-state index contributed by atoms with van der Waals surface area (Å²) in [5, 5.41) is 26.0. The molecule has 0 heterocycles. The zero-order chi connectivity index (χ0) is 17.3. The van der Waals surface area contributed by atoms with Gasteiger partial charge in [0, 0.05) is 17.8 Å². The first-order valence-corrected chi connectivity index (χ1v) is 6.87. The van der Waals surface area contributed by atoms with E-state index in [0.29, 0.717) is 5.69 Å². The zero-order valence-electron chi connectivity index (χ0n) is 12.1. The molecule has 0 unspecified atom stereocenters. The number of nitrogens with zero attached hydrogens (tertiary/aromatic N) is 1. The van der Waals surface area contributed by atoms with Crippen LogP contribution in [-0.2, 0) is 0 Å². The number of para-hydroxylation sites is 1. The molecule has 0 aliphatic carbocycles. The van der Waals surface area contributed by atoms with Crippen LogP contribution in [0.15, 0.2) is 58.1 Å². The van der Waals surface area contributed by atoms with Crippen molar-refractivity contribution < 1.29 is 10.0 Å². The molecule has 3 aromatic rings. The van der Waals surface area contributed by atoms with Crippen molar-refractivity contribution in [3.63, 3.8) is 0 Å². The number of nitro benzene ring substituents is 1. The largest absolute Gasteiger partial charge is 0.506 e. The van der Waals surface area contributed by atoms with E-state index in [2.05, 4.69) is 10.6 Å². The summed E-state index contributed by atoms with van der Waals surface area (Å²) in [5.41, 5.74) is -1.17. The molecule has 3 aromatic carbocycles. The maximum absolute atomic E-state index is 11.8. The summed E-state index contributed by atoms with van der Waals surface area (Å²) in [5.74, 6) is -0.278. The first-order chi connectivity index (χ1) is 11.5. The Hall–Kier alpha value is -3.68. The normalized spacial score (nSPS) is 10.5. The molecule has 0 aromatic heterocycles. The average molecular weight is 325 g/mol. The predicted octanol–water partition coefficient (Wildman–Crippen LogP) is 2.38. The second kappa shape index (κ2) is 5.84. The molecule has 0 spiro atoms. The van der Waals surface area contributed by atoms with E-state index in [1.807, 2.05) is 0 Å². The van der Waals surface area contributed by atoms with E-state index in [9.17, 15) is 24.8 Å². The maximum atomic E-state index is 11.8. The number of hydrogen-bond acceptors (Lipinski definition) is 7. The molecule has 120 valence electrons. The summed E-state index contributed by atoms with van der Waals surface area (Å²) in [6, 6.07) is 12.1. The van der Waals surface area contributed by atoms with Crippen molar-refractivity contribution in [3.8, 4) is 5.75 Å². The molecule has 0 aliphatic heterocycles. The van der Waals surface area contributed by atoms with Crippen molar-refractivity contribution in [1.82, 2.24) is 0 Å². The number of aromatic hydroxyl groups is 1. The number of non-ortho nitro benzene ring substituents is 1. The first kappa shape index (κ1) is 15.2. The molecule has 0 radical (unpaired) electrons. The van der Waals surface area contributed by atoms with Crippen LogP contribution in [0.5, 0.6) is 5.75 Å². The number of nitrogens with one attached hydrogen (secondary N) is 2. The third-order valence-corrected chi connectivity index (χ3v) is 3.40. The lowest BCUT2D eigenvalue weighted by Crippen LogP contribution is -2.35. The van der Waals surface area contributed by atoms with Gasteiger partial charge in [-0.1, -0.05) is 18.2 Å². The fourth-order valence-corrected chi connectivity index (χ4v) is 2.17. The molecular formula is C16H11N3O5. The minimum Gasteiger partial charge on any atom is -0.506 e. The number of nitro groups is 1. The van der Waals surface area contributed by atoms with Gasteiger partial charge >= 0.3 is 0 Å². The Labute approximate surface area is 134 Å². The van der Waals surface area contributed by atoms with Crippen LogP contribution in [0, 0.1) is 10.1 Å². The van der Waals surface area contributed by atoms with Crippen molar-refractivity contribution in [1.29, 1.82) is 0 Å². The van der Waals surface area contributed by atoms with Gasteiger partial charge in [0.1, 0.15) is 17.1 Å². The van der Waals surface area contributed by atoms with Crippen molar-refractivity contribution >= 4 is 28.4 Å². The van der Waals surface area contributed by atoms with Crippen molar-refractivity contribution in [2.45, 2.75) is 0 Å². The summed E-state index contributed by atoms with van der Waals surface area (Å²) >= 11 is 0. The third kappa shape index (κ3) is 2.68. The fraction of sp³-hybridized carbons (Fsp3) is 0. The van der Waals surface area contributed by atoms with Gasteiger partial charge in [0.2, 0.25) is 0 Å². The van der Waals surface area contributed by atoms with Gasteiger partial charge in [0.15, 0.2) is 0 Å². The van der Waals surface area contributed by atoms with Crippen LogP contribution in [0.1, 0.15) is 0 Å². The van der Waals surface area contributed by atoms with E-state index in [1.165, 1.54) is 0 Å². The summed E-state index contributed by atoms with van der Waals surface area (Å²) in [6.07, 6.45) is 0. The number of rotatable bonds is 5. The molecule has 0 fully saturated rings. The minimum absolute atomic E-state index is 0.0348. The second-order valence-corrected chi connectivity index (χ2v) is 4.98. The standard InChI is InChI=1S/C16H11N3O5/c20-12-7-6-10(19(23)24)8-11(12)18-14-13(15(21)16(14)22)17-9-4-2-1-3-5-9/h1-8,17-18,20H. The van der Waals surface area contributed by atoms with E-state index < -0.39 is 15.8 Å². The van der Waals surface area contributed by atoms with Gasteiger partial charge in [0.05, 0.1) is 10.6 Å². The molecule has 0 saturated carbocycles. The van der Waals surface area contributed by atoms with Crippen LogP contribution in [0.25, 0.3) is 0 Å². The van der Waals surface area contributed by atoms with Gasteiger partial charge in [-0.2, -0.15) is 0 Å². The third-order valence-electron chi connectivity index (χ3n) is 3.40. The van der Waals surface area contributed by atoms with E-state index in [1.54, 1.807) is 30.3 Å². The molecule has 3 rings (SSSR count). The molecule has 8 nitrogen and oxygen atoms in total. The molecule has 0 amide bonds. The summed E-state index contributed by atoms with van der Waals surface area (Å²) in [7, 11) is 0. The van der Waals surface area contributed by atoms with Gasteiger partial charge in [0.25, 0.3) is 16.5 Å². The molecule has 0 aliphatic rings. The van der Waals surface area contributed by atoms with E-state index in [-0.39, 0.29) is 28.5 Å². The Morgan fingerprint density at radius 1 is 0.917 bits per heavy atom. The number of anilines is 4. The lowest BCUT2D eigenvalue weighted by atomic mass is 10.1. The second-order valence-electron chi connectivity index (χ2n) is 4.98. The molecule has 0 saturated heterocycles. The van der Waals surface area contributed by atoms with Crippen LogP contribution in [0.3, 0.4) is 0 Å². The SMILES string of the molecule is O=c1c(Nc2ccccc2)c(Nc2cc([N+](=O)[O-])ccc2O)c1=O. The van der Waals surface area contributed by atoms with Crippen LogP contribution >= 0.6 is 0 Å². The number of phenolic OH excluding ortho intramolecular Hbond substituents is 1. The molecule has 0 atom stereocenters. The van der Waals surface area contributed by atoms with Gasteiger partial charge in [-0.25, -0.2) is 0 Å². The Morgan fingerprint density at radius 3 is 2.17 bits per heavy atom. The highest BCUT2D eigenvalue weighted by atomic mass is 16.6. The van der Waals surface area contributed by atoms with Crippen LogP contribution < -0.4 is 21.5 Å². The minimum atomic E-state index is -0.765. The predicted molar refractivity (Wildman–Crippen MR) is 89.1 cm³/mol. The average Bonchev–Trinajstić information content (AvgIpc) is 2.59. The van der Waals surface area contributed by atoms with E-state index in [4.69, 9.17) is 0 Å². The number of phenols is 1. The van der Waals surface area contributed by atoms with E-state index in [0.717, 1.165) is 18.2 Å². The Bertz CT molecular complexity index is 991. The van der Waals surface area contributed by atoms with Crippen molar-refractivity contribution in [3.05, 3.63) is 79.1 Å². The zero-order valence-corrected chi connectivity index (χ0v) is 12.1. The molecular weight excluding hydrogens is 314 g/mol. The summed E-state index contributed by atoms with van der Waals surface area (Å²) in [6.45, 7) is 0. The first-order valence-electron chi connectivity index (χ1n) is 6.87. The lowest BCUT2D eigenvalue weighted by Gasteiger charge is -2.15. The van der Waals surface area contributed by atoms with E-state index >= 15 is 0 Å². The monoisotopic (exact) mass is 325 g/mol. The van der Waals surface area contributed by atoms with Gasteiger partial charge in [-0.3, -0.25) is 19.7 Å². The highest BCUT2D eigenvalue weighted by Gasteiger charge is 2.22. The summed E-state index contributed by atoms with van der Waals surface area (Å²) in [4.78, 5) is 33.7. The fourth-order valence-electron chi connectivity index (χ4n) is 2.17. The van der Waals surface area contributed by atoms with Crippen molar-refractivity contribution in [2.75, 3.05) is 10.6 Å². The molecule has 3 N–H and O–H groups in total. The highest BCUT2D eigenvalue weighted by Crippen LogP contribution is 2.32. The number of hydrogen-bond donors (Lipinski definition) is 3. The Balaban J connectivity index is 1.93. The van der Waals surface area contributed by atoms with Crippen LogP contribution in [0.4, 0.5) is 28.4 Å². The molecule has 24 heavy (non-hydrogen) atoms. The topological polar surface area (TPSA) is 122 Å². The smallest absolute Gasteiger partial charge is 0.271 e. The van der Waals surface area contributed by atoms with Crippen molar-refractivity contribution in [2.24, 2.45) is 0 Å². The Kier molecular flexibility index (Phi) is 3.70. The van der Waals surface area contributed by atoms with Crippen LogP contribution in [0.2, 0.25) is 0 Å². The Morgan fingerprint density at radius 2 is 1.54 bits per heavy atom. The lowest BCUT2D eigenvalue weighted by molar-refractivity contribution is -0.384. The quantitative estimate of drug-likeness (QED) is 0.285.